The third kappa shape index (κ3) is 9.25. The van der Waals surface area contributed by atoms with Crippen LogP contribution in [0.2, 0.25) is 0 Å². The van der Waals surface area contributed by atoms with Gasteiger partial charge in [-0.25, -0.2) is 0 Å². The number of nitrogens with one attached hydrogen (secondary N) is 1. The van der Waals surface area contributed by atoms with Gasteiger partial charge in [-0.15, -0.1) is 0 Å². The summed E-state index contributed by atoms with van der Waals surface area (Å²) < 4.78 is 11.4. The minimum absolute atomic E-state index is 0.124. The molecule has 0 aromatic heterocycles. The maximum Gasteiger partial charge on any atom is 0.305 e. The number of aliphatic carboxylic acids is 1. The van der Waals surface area contributed by atoms with E-state index in [0.717, 1.165) is 12.7 Å². The number of nitrogens with zero attached hydrogens (tertiary/aromatic N) is 1. The van der Waals surface area contributed by atoms with Crippen molar-refractivity contribution in [3.8, 4) is 17.6 Å². The van der Waals surface area contributed by atoms with Crippen LogP contribution in [0.15, 0.2) is 85.5 Å². The van der Waals surface area contributed by atoms with Gasteiger partial charge in [0.05, 0.1) is 24.1 Å². The van der Waals surface area contributed by atoms with E-state index in [-0.39, 0.29) is 13.0 Å². The van der Waals surface area contributed by atoms with E-state index in [9.17, 15) is 4.79 Å². The number of aliphatic hydroxyl groups excluding tert-OH is 1. The van der Waals surface area contributed by atoms with E-state index in [0.29, 0.717) is 35.0 Å². The molecule has 0 saturated carbocycles. The van der Waals surface area contributed by atoms with Gasteiger partial charge in [0, 0.05) is 7.11 Å². The minimum Gasteiger partial charge on any atom is -0.489 e. The van der Waals surface area contributed by atoms with Crippen LogP contribution in [0.25, 0.3) is 0 Å². The smallest absolute Gasteiger partial charge is 0.305 e. The van der Waals surface area contributed by atoms with E-state index in [1.807, 2.05) is 30.3 Å². The fourth-order valence-corrected chi connectivity index (χ4v) is 2.72. The second-order valence-corrected chi connectivity index (χ2v) is 6.61. The summed E-state index contributed by atoms with van der Waals surface area (Å²) in [7, 11) is 1.00. The molecule has 2 rings (SSSR count). The monoisotopic (exact) mass is 448 g/mol. The van der Waals surface area contributed by atoms with Gasteiger partial charge in [0.1, 0.15) is 24.7 Å². The zero-order valence-electron chi connectivity index (χ0n) is 18.5. The zero-order valence-corrected chi connectivity index (χ0v) is 18.5. The van der Waals surface area contributed by atoms with Gasteiger partial charge in [-0.3, -0.25) is 4.79 Å². The quantitative estimate of drug-likeness (QED) is 0.321. The van der Waals surface area contributed by atoms with Crippen LogP contribution in [0.3, 0.4) is 0 Å². The Bertz CT molecular complexity index is 1000. The molecular formula is C26H28N2O5. The van der Waals surface area contributed by atoms with Crippen LogP contribution in [0.5, 0.6) is 11.5 Å². The number of benzene rings is 2. The zero-order chi connectivity index (χ0) is 24.6. The summed E-state index contributed by atoms with van der Waals surface area (Å²) >= 11 is 0. The van der Waals surface area contributed by atoms with Crippen molar-refractivity contribution in [2.45, 2.75) is 18.9 Å². The average Bonchev–Trinajstić information content (AvgIpc) is 2.85. The summed E-state index contributed by atoms with van der Waals surface area (Å²) in [6.45, 7) is 7.76. The topological polar surface area (TPSA) is 124 Å². The number of aliphatic hydroxyl groups is 1. The van der Waals surface area contributed by atoms with Crippen LogP contribution < -0.4 is 9.47 Å². The molecule has 2 aromatic rings. The van der Waals surface area contributed by atoms with Gasteiger partial charge in [-0.2, -0.15) is 5.26 Å². The molecule has 0 heterocycles. The minimum atomic E-state index is -1.01. The number of hydrogen-bond donors (Lipinski definition) is 3. The molecule has 0 amide bonds. The molecule has 33 heavy (non-hydrogen) atoms. The number of carboxylic acids is 1. The van der Waals surface area contributed by atoms with Crippen molar-refractivity contribution >= 4 is 11.7 Å². The first-order valence-electron chi connectivity index (χ1n) is 10.0. The van der Waals surface area contributed by atoms with Crippen molar-refractivity contribution in [3.63, 3.8) is 0 Å². The van der Waals surface area contributed by atoms with Crippen molar-refractivity contribution in [1.82, 2.24) is 0 Å². The van der Waals surface area contributed by atoms with E-state index in [4.69, 9.17) is 30.4 Å². The second-order valence-electron chi connectivity index (χ2n) is 6.61. The van der Waals surface area contributed by atoms with Gasteiger partial charge < -0.3 is 25.1 Å². The number of allylic oxidation sites excluding steroid dienone is 3. The van der Waals surface area contributed by atoms with Gasteiger partial charge >= 0.3 is 5.97 Å². The molecule has 7 heteroatoms. The van der Waals surface area contributed by atoms with Crippen molar-refractivity contribution in [2.75, 3.05) is 13.7 Å². The molecule has 0 spiro atoms. The first kappa shape index (κ1) is 26.9. The molecular weight excluding hydrogens is 420 g/mol. The third-order valence-corrected chi connectivity index (χ3v) is 4.39. The number of rotatable bonds is 12. The molecule has 0 aliphatic rings. The number of hydrogen-bond acceptors (Lipinski definition) is 6. The summed E-state index contributed by atoms with van der Waals surface area (Å²) in [5, 5.41) is 33.0. The second kappa shape index (κ2) is 14.8. The number of ether oxygens (including phenoxy) is 2. The molecule has 0 saturated heterocycles. The standard InChI is InChI=1S/C25H24N2O4.CH4O/c1-3-5-19(4-2)24(27)17-31-22-10-6-18(7-11-22)16-30-23-12-8-20(9-13-23)21(15-26)14-25(28)29;1-2/h3-13,21,27H,1-2,14,16-17H2,(H,28,29);2H,1H3/b19-5+,27-24?;. The fourth-order valence-electron chi connectivity index (χ4n) is 2.72. The molecule has 7 nitrogen and oxygen atoms in total. The Balaban J connectivity index is 0.00000265. The van der Waals surface area contributed by atoms with Crippen LogP contribution in [0.4, 0.5) is 0 Å². The first-order valence-corrected chi connectivity index (χ1v) is 10.0. The first-order chi connectivity index (χ1) is 16.0. The van der Waals surface area contributed by atoms with Crippen molar-refractivity contribution in [2.24, 2.45) is 0 Å². The molecule has 172 valence electrons. The Morgan fingerprint density at radius 1 is 1.09 bits per heavy atom. The van der Waals surface area contributed by atoms with E-state index >= 15 is 0 Å². The summed E-state index contributed by atoms with van der Waals surface area (Å²) in [6.07, 6.45) is 4.67. The van der Waals surface area contributed by atoms with Crippen molar-refractivity contribution in [3.05, 3.63) is 96.6 Å². The van der Waals surface area contributed by atoms with Gasteiger partial charge in [0.25, 0.3) is 0 Å². The Morgan fingerprint density at radius 3 is 2.18 bits per heavy atom. The molecule has 0 bridgehead atoms. The van der Waals surface area contributed by atoms with E-state index in [2.05, 4.69) is 13.2 Å². The maximum atomic E-state index is 10.8. The lowest BCUT2D eigenvalue weighted by molar-refractivity contribution is -0.137. The van der Waals surface area contributed by atoms with Crippen LogP contribution in [-0.2, 0) is 11.4 Å². The fraction of sp³-hybridized carbons (Fsp3) is 0.192. The highest BCUT2D eigenvalue weighted by Crippen LogP contribution is 2.23. The molecule has 0 aliphatic heterocycles. The van der Waals surface area contributed by atoms with Gasteiger partial charge in [0.15, 0.2) is 0 Å². The van der Waals surface area contributed by atoms with Gasteiger partial charge in [0.2, 0.25) is 0 Å². The number of carbonyl (C=O) groups is 1. The van der Waals surface area contributed by atoms with E-state index in [1.165, 1.54) is 0 Å². The predicted octanol–water partition coefficient (Wildman–Crippen LogP) is 4.65. The van der Waals surface area contributed by atoms with Gasteiger partial charge in [-0.05, 0) is 41.0 Å². The van der Waals surface area contributed by atoms with Crippen molar-refractivity contribution in [1.29, 1.82) is 10.7 Å². The summed E-state index contributed by atoms with van der Waals surface area (Å²) in [5.74, 6) is -0.433. The highest BCUT2D eigenvalue weighted by molar-refractivity contribution is 6.01. The Morgan fingerprint density at radius 2 is 1.67 bits per heavy atom. The molecule has 1 atom stereocenters. The van der Waals surface area contributed by atoms with Crippen LogP contribution >= 0.6 is 0 Å². The van der Waals surface area contributed by atoms with Crippen molar-refractivity contribution < 1.29 is 24.5 Å². The Kier molecular flexibility index (Phi) is 12.0. The summed E-state index contributed by atoms with van der Waals surface area (Å²) in [4.78, 5) is 10.8. The lowest BCUT2D eigenvalue weighted by Crippen LogP contribution is -2.11. The Labute approximate surface area is 194 Å². The molecule has 3 N–H and O–H groups in total. The molecule has 2 aromatic carbocycles. The normalized spacial score (nSPS) is 11.1. The summed E-state index contributed by atoms with van der Waals surface area (Å²) in [6, 6.07) is 16.2. The highest BCUT2D eigenvalue weighted by Gasteiger charge is 2.14. The molecule has 0 radical (unpaired) electrons. The third-order valence-electron chi connectivity index (χ3n) is 4.39. The summed E-state index contributed by atoms with van der Waals surface area (Å²) in [5.41, 5.74) is 2.56. The number of carboxylic acid groups (broad SMARTS) is 1. The largest absolute Gasteiger partial charge is 0.489 e. The lowest BCUT2D eigenvalue weighted by Gasteiger charge is -2.11. The van der Waals surface area contributed by atoms with Gasteiger partial charge in [-0.1, -0.05) is 55.7 Å². The molecule has 0 aliphatic carbocycles. The molecule has 0 fully saturated rings. The Hall–Kier alpha value is -4.15. The van der Waals surface area contributed by atoms with Crippen LogP contribution in [-0.4, -0.2) is 35.6 Å². The molecule has 1 unspecified atom stereocenters. The highest BCUT2D eigenvalue weighted by atomic mass is 16.5. The number of nitriles is 1. The van der Waals surface area contributed by atoms with E-state index in [1.54, 1.807) is 42.5 Å². The van der Waals surface area contributed by atoms with Crippen LogP contribution in [0, 0.1) is 16.7 Å². The SMILES string of the molecule is C=C/C=C(\C=C)C(=N)COc1ccc(COc2ccc(C(C#N)CC(=O)O)cc2)cc1.CO. The lowest BCUT2D eigenvalue weighted by atomic mass is 9.97. The van der Waals surface area contributed by atoms with E-state index < -0.39 is 11.9 Å². The predicted molar refractivity (Wildman–Crippen MR) is 128 cm³/mol. The maximum absolute atomic E-state index is 10.8. The average molecular weight is 449 g/mol. The van der Waals surface area contributed by atoms with Crippen LogP contribution in [0.1, 0.15) is 23.5 Å².